The van der Waals surface area contributed by atoms with Gasteiger partial charge in [0.15, 0.2) is 5.17 Å². The third-order valence-electron chi connectivity index (χ3n) is 3.90. The molecule has 1 aromatic rings. The van der Waals surface area contributed by atoms with Gasteiger partial charge in [-0.25, -0.2) is 0 Å². The molecule has 0 saturated heterocycles. The van der Waals surface area contributed by atoms with E-state index in [1.54, 1.807) is 0 Å². The Kier molecular flexibility index (Phi) is 7.14. The van der Waals surface area contributed by atoms with Crippen molar-refractivity contribution >= 4 is 16.9 Å². The lowest BCUT2D eigenvalue weighted by Gasteiger charge is -2.18. The Bertz CT molecular complexity index is 430. The Balaban J connectivity index is 1.84. The van der Waals surface area contributed by atoms with Gasteiger partial charge in [-0.05, 0) is 24.8 Å². The normalized spacial score (nSPS) is 19.3. The van der Waals surface area contributed by atoms with Gasteiger partial charge in [0.05, 0.1) is 6.04 Å². The lowest BCUT2D eigenvalue weighted by atomic mass is 10.1. The molecule has 1 aliphatic heterocycles. The molecule has 21 heavy (non-hydrogen) atoms. The van der Waals surface area contributed by atoms with Crippen LogP contribution in [-0.2, 0) is 6.42 Å². The van der Waals surface area contributed by atoms with Crippen LogP contribution in [0, 0.1) is 0 Å². The van der Waals surface area contributed by atoms with Crippen molar-refractivity contribution in [1.82, 2.24) is 5.32 Å². The smallest absolute Gasteiger partial charge is 0.157 e. The lowest BCUT2D eigenvalue weighted by molar-refractivity contribution is 0.496. The lowest BCUT2D eigenvalue weighted by Crippen LogP contribution is -2.32. The molecule has 1 aliphatic rings. The standard InChI is InChI=1S/C18H28N2S/c1-3-5-12-16(9-4-2)19-18-20-17(14-21-18)13-15-10-7-6-8-11-15/h6-8,10-11,16-17H,3-5,9,12-14H2,1-2H3,(H,19,20). The molecular formula is C18H28N2S. The van der Waals surface area contributed by atoms with Crippen LogP contribution in [0.5, 0.6) is 0 Å². The molecule has 1 aromatic carbocycles. The average Bonchev–Trinajstić information content (AvgIpc) is 2.93. The Morgan fingerprint density at radius 3 is 2.71 bits per heavy atom. The first-order chi connectivity index (χ1) is 10.3. The molecule has 0 aliphatic carbocycles. The quantitative estimate of drug-likeness (QED) is 0.756. The van der Waals surface area contributed by atoms with Gasteiger partial charge in [-0.15, -0.1) is 0 Å². The summed E-state index contributed by atoms with van der Waals surface area (Å²) in [5.74, 6) is 1.11. The van der Waals surface area contributed by atoms with Crippen LogP contribution >= 0.6 is 11.8 Å². The highest BCUT2D eigenvalue weighted by Gasteiger charge is 2.20. The van der Waals surface area contributed by atoms with Crippen LogP contribution < -0.4 is 5.32 Å². The van der Waals surface area contributed by atoms with E-state index < -0.39 is 0 Å². The zero-order chi connectivity index (χ0) is 14.9. The maximum absolute atomic E-state index is 4.88. The van der Waals surface area contributed by atoms with Gasteiger partial charge < -0.3 is 5.32 Å². The van der Waals surface area contributed by atoms with E-state index in [1.165, 1.54) is 42.8 Å². The predicted octanol–water partition coefficient (Wildman–Crippen LogP) is 4.65. The highest BCUT2D eigenvalue weighted by molar-refractivity contribution is 8.14. The zero-order valence-electron chi connectivity index (χ0n) is 13.3. The molecule has 0 fully saturated rings. The SMILES string of the molecule is CCCCC(CCC)NC1=NC(Cc2ccccc2)CS1. The molecule has 0 saturated carbocycles. The number of nitrogens with zero attached hydrogens (tertiary/aromatic N) is 1. The number of hydrogen-bond acceptors (Lipinski definition) is 3. The number of thioether (sulfide) groups is 1. The van der Waals surface area contributed by atoms with E-state index in [-0.39, 0.29) is 0 Å². The number of unbranched alkanes of at least 4 members (excludes halogenated alkanes) is 1. The van der Waals surface area contributed by atoms with Crippen molar-refractivity contribution in [3.05, 3.63) is 35.9 Å². The van der Waals surface area contributed by atoms with Crippen molar-refractivity contribution in [1.29, 1.82) is 0 Å². The number of benzene rings is 1. The van der Waals surface area contributed by atoms with Gasteiger partial charge in [-0.2, -0.15) is 0 Å². The average molecular weight is 305 g/mol. The summed E-state index contributed by atoms with van der Waals surface area (Å²) in [6.45, 7) is 4.53. The highest BCUT2D eigenvalue weighted by Crippen LogP contribution is 2.21. The Morgan fingerprint density at radius 1 is 1.19 bits per heavy atom. The van der Waals surface area contributed by atoms with Crippen LogP contribution in [0.1, 0.15) is 51.5 Å². The second kappa shape index (κ2) is 9.14. The summed E-state index contributed by atoms with van der Waals surface area (Å²) in [4.78, 5) is 4.88. The van der Waals surface area contributed by atoms with Gasteiger partial charge in [-0.3, -0.25) is 4.99 Å². The maximum atomic E-state index is 4.88. The fourth-order valence-corrected chi connectivity index (χ4v) is 3.76. The molecule has 1 N–H and O–H groups in total. The summed E-state index contributed by atoms with van der Waals surface area (Å²) in [6.07, 6.45) is 7.41. The Hall–Kier alpha value is -0.960. The first-order valence-electron chi connectivity index (χ1n) is 8.32. The second-order valence-electron chi connectivity index (χ2n) is 5.86. The third kappa shape index (κ3) is 5.74. The molecule has 116 valence electrons. The summed E-state index contributed by atoms with van der Waals surface area (Å²) in [7, 11) is 0. The van der Waals surface area contributed by atoms with Crippen molar-refractivity contribution in [2.24, 2.45) is 4.99 Å². The monoisotopic (exact) mass is 304 g/mol. The van der Waals surface area contributed by atoms with Crippen LogP contribution in [-0.4, -0.2) is 23.0 Å². The number of nitrogens with one attached hydrogen (secondary N) is 1. The highest BCUT2D eigenvalue weighted by atomic mass is 32.2. The van der Waals surface area contributed by atoms with E-state index in [1.807, 2.05) is 11.8 Å². The minimum atomic E-state index is 0.438. The van der Waals surface area contributed by atoms with E-state index in [4.69, 9.17) is 4.99 Å². The molecule has 0 aromatic heterocycles. The van der Waals surface area contributed by atoms with E-state index in [0.717, 1.165) is 12.2 Å². The Morgan fingerprint density at radius 2 is 2.00 bits per heavy atom. The minimum absolute atomic E-state index is 0.438. The third-order valence-corrected chi connectivity index (χ3v) is 4.95. The topological polar surface area (TPSA) is 24.4 Å². The van der Waals surface area contributed by atoms with Crippen molar-refractivity contribution in [3.63, 3.8) is 0 Å². The molecule has 0 spiro atoms. The van der Waals surface area contributed by atoms with Gasteiger partial charge in [0.2, 0.25) is 0 Å². The van der Waals surface area contributed by atoms with Crippen LogP contribution in [0.4, 0.5) is 0 Å². The zero-order valence-corrected chi connectivity index (χ0v) is 14.2. The molecule has 0 amide bonds. The number of aliphatic imine (C=N–C) groups is 1. The molecule has 2 nitrogen and oxygen atoms in total. The molecule has 3 heteroatoms. The van der Waals surface area contributed by atoms with Crippen LogP contribution in [0.3, 0.4) is 0 Å². The van der Waals surface area contributed by atoms with Gasteiger partial charge in [0.1, 0.15) is 0 Å². The van der Waals surface area contributed by atoms with Crippen molar-refractivity contribution in [2.75, 3.05) is 5.75 Å². The van der Waals surface area contributed by atoms with Crippen molar-refractivity contribution < 1.29 is 0 Å². The molecule has 0 radical (unpaired) electrons. The van der Waals surface area contributed by atoms with E-state index in [2.05, 4.69) is 49.5 Å². The molecular weight excluding hydrogens is 276 g/mol. The molecule has 2 unspecified atom stereocenters. The van der Waals surface area contributed by atoms with Gasteiger partial charge in [0.25, 0.3) is 0 Å². The molecule has 2 rings (SSSR count). The predicted molar refractivity (Wildman–Crippen MR) is 95.2 cm³/mol. The van der Waals surface area contributed by atoms with Crippen molar-refractivity contribution in [3.8, 4) is 0 Å². The molecule has 2 atom stereocenters. The summed E-state index contributed by atoms with van der Waals surface area (Å²) in [5, 5.41) is 4.85. The minimum Gasteiger partial charge on any atom is -0.362 e. The van der Waals surface area contributed by atoms with Crippen molar-refractivity contribution in [2.45, 2.75) is 64.5 Å². The number of rotatable bonds is 8. The Labute approximate surface area is 133 Å². The first-order valence-corrected chi connectivity index (χ1v) is 9.31. The van der Waals surface area contributed by atoms with Gasteiger partial charge >= 0.3 is 0 Å². The van der Waals surface area contributed by atoms with Crippen LogP contribution in [0.2, 0.25) is 0 Å². The largest absolute Gasteiger partial charge is 0.362 e. The molecule has 0 bridgehead atoms. The summed E-state index contributed by atoms with van der Waals surface area (Å²) in [5.41, 5.74) is 1.39. The maximum Gasteiger partial charge on any atom is 0.157 e. The van der Waals surface area contributed by atoms with Gasteiger partial charge in [0, 0.05) is 11.8 Å². The molecule has 1 heterocycles. The number of hydrogen-bond donors (Lipinski definition) is 1. The fraction of sp³-hybridized carbons (Fsp3) is 0.611. The fourth-order valence-electron chi connectivity index (χ4n) is 2.75. The van der Waals surface area contributed by atoms with Gasteiger partial charge in [-0.1, -0.05) is 75.2 Å². The van der Waals surface area contributed by atoms with Crippen LogP contribution in [0.15, 0.2) is 35.3 Å². The first kappa shape index (κ1) is 16.4. The van der Waals surface area contributed by atoms with E-state index in [9.17, 15) is 0 Å². The van der Waals surface area contributed by atoms with Crippen LogP contribution in [0.25, 0.3) is 0 Å². The summed E-state index contributed by atoms with van der Waals surface area (Å²) >= 11 is 1.90. The second-order valence-corrected chi connectivity index (χ2v) is 6.87. The number of amidine groups is 1. The summed E-state index contributed by atoms with van der Waals surface area (Å²) < 4.78 is 0. The van der Waals surface area contributed by atoms with E-state index >= 15 is 0 Å². The summed E-state index contributed by atoms with van der Waals surface area (Å²) in [6, 6.07) is 11.8. The van der Waals surface area contributed by atoms with E-state index in [0.29, 0.717) is 12.1 Å².